The van der Waals surface area contributed by atoms with Crippen molar-refractivity contribution < 1.29 is 0 Å². The zero-order valence-corrected chi connectivity index (χ0v) is 6.50. The summed E-state index contributed by atoms with van der Waals surface area (Å²) in [5.41, 5.74) is 0.945. The predicted molar refractivity (Wildman–Crippen MR) is 44.6 cm³/mol. The largest absolute Gasteiger partial charge is 0.143 e. The molecule has 3 heteroatoms. The average molecular weight is 159 g/mol. The second-order valence-electron chi connectivity index (χ2n) is 1.85. The molecule has 0 aliphatic carbocycles. The van der Waals surface area contributed by atoms with Crippen LogP contribution in [0.1, 0.15) is 0 Å². The first-order valence-corrected chi connectivity index (χ1v) is 3.38. The Morgan fingerprint density at radius 1 is 1.11 bits per heavy atom. The normalized spacial score (nSPS) is 9.56. The molecule has 1 aromatic rings. The van der Waals surface area contributed by atoms with Crippen molar-refractivity contribution in [2.24, 2.45) is 0 Å². The van der Waals surface area contributed by atoms with Gasteiger partial charge in [-0.1, -0.05) is 34.7 Å². The van der Waals surface area contributed by atoms with Gasteiger partial charge in [-0.05, 0) is 12.1 Å². The van der Waals surface area contributed by atoms with Gasteiger partial charge in [0.15, 0.2) is 0 Å². The molecule has 0 bridgehead atoms. The number of halogens is 2. The van der Waals surface area contributed by atoms with Crippen LogP contribution in [0.2, 0.25) is 10.0 Å². The Balaban J connectivity index is 3.25. The zero-order chi connectivity index (χ0) is 6.85. The lowest BCUT2D eigenvalue weighted by Gasteiger charge is -1.97. The van der Waals surface area contributed by atoms with E-state index in [4.69, 9.17) is 23.2 Å². The van der Waals surface area contributed by atoms with Gasteiger partial charge in [-0.25, -0.2) is 0 Å². The topological polar surface area (TPSA) is 0 Å². The first-order chi connectivity index (χ1) is 4.22. The Hall–Kier alpha value is -0.135. The lowest BCUT2D eigenvalue weighted by atomic mass is 9.96. The highest BCUT2D eigenvalue weighted by Gasteiger charge is 1.95. The molecule has 0 aliphatic rings. The van der Waals surface area contributed by atoms with Gasteiger partial charge in [-0.3, -0.25) is 0 Å². The van der Waals surface area contributed by atoms with Crippen molar-refractivity contribution in [3.05, 3.63) is 28.2 Å². The molecule has 9 heavy (non-hydrogen) atoms. The molecule has 0 aromatic heterocycles. The Morgan fingerprint density at radius 3 is 1.89 bits per heavy atom. The molecule has 0 fully saturated rings. The average Bonchev–Trinajstić information content (AvgIpc) is 1.83. The Bertz CT molecular complexity index is 202. The number of hydrogen-bond donors (Lipinski definition) is 0. The summed E-state index contributed by atoms with van der Waals surface area (Å²) in [6.45, 7) is 0. The molecule has 1 aromatic carbocycles. The van der Waals surface area contributed by atoms with E-state index in [0.717, 1.165) is 15.5 Å². The standard InChI is InChI=1S/C6H5BCl2/c7-6-4(8)2-1-3-5(6)9/h1-3H,7H2. The summed E-state index contributed by atoms with van der Waals surface area (Å²) in [6, 6.07) is 5.48. The van der Waals surface area contributed by atoms with Crippen molar-refractivity contribution in [1.82, 2.24) is 0 Å². The molecule has 0 aliphatic heterocycles. The van der Waals surface area contributed by atoms with Crippen LogP contribution in [-0.4, -0.2) is 7.85 Å². The van der Waals surface area contributed by atoms with Crippen LogP contribution >= 0.6 is 23.2 Å². The SMILES string of the molecule is Bc1c(Cl)cccc1Cl. The highest BCUT2D eigenvalue weighted by molar-refractivity contribution is 6.51. The van der Waals surface area contributed by atoms with Crippen LogP contribution in [0.5, 0.6) is 0 Å². The van der Waals surface area contributed by atoms with Crippen molar-refractivity contribution in [3.63, 3.8) is 0 Å². The lowest BCUT2D eigenvalue weighted by Crippen LogP contribution is -2.04. The Kier molecular flexibility index (Phi) is 2.04. The van der Waals surface area contributed by atoms with Crippen LogP contribution in [0.4, 0.5) is 0 Å². The molecule has 0 saturated carbocycles. The second kappa shape index (κ2) is 2.63. The Morgan fingerprint density at radius 2 is 1.56 bits per heavy atom. The van der Waals surface area contributed by atoms with Crippen LogP contribution in [-0.2, 0) is 0 Å². The lowest BCUT2D eigenvalue weighted by molar-refractivity contribution is 1.77. The highest BCUT2D eigenvalue weighted by atomic mass is 35.5. The van der Waals surface area contributed by atoms with Gasteiger partial charge in [0.1, 0.15) is 7.85 Å². The summed E-state index contributed by atoms with van der Waals surface area (Å²) < 4.78 is 0. The smallest absolute Gasteiger partial charge is 0.0849 e. The second-order valence-corrected chi connectivity index (χ2v) is 2.66. The van der Waals surface area contributed by atoms with Gasteiger partial charge in [-0.2, -0.15) is 0 Å². The van der Waals surface area contributed by atoms with Crippen LogP contribution in [0, 0.1) is 0 Å². The monoisotopic (exact) mass is 158 g/mol. The minimum absolute atomic E-state index is 0.725. The van der Waals surface area contributed by atoms with E-state index in [1.165, 1.54) is 0 Å². The number of rotatable bonds is 0. The predicted octanol–water partition coefficient (Wildman–Crippen LogP) is 1.25. The molecule has 0 atom stereocenters. The third-order valence-corrected chi connectivity index (χ3v) is 2.02. The zero-order valence-electron chi connectivity index (χ0n) is 4.99. The first kappa shape index (κ1) is 6.98. The van der Waals surface area contributed by atoms with E-state index >= 15 is 0 Å². The fourth-order valence-corrected chi connectivity index (χ4v) is 0.979. The van der Waals surface area contributed by atoms with Crippen LogP contribution < -0.4 is 5.46 Å². The summed E-state index contributed by atoms with van der Waals surface area (Å²) in [7, 11) is 1.89. The molecule has 1 rings (SSSR count). The van der Waals surface area contributed by atoms with Crippen LogP contribution in [0.25, 0.3) is 0 Å². The van der Waals surface area contributed by atoms with Crippen molar-refractivity contribution in [3.8, 4) is 0 Å². The third-order valence-electron chi connectivity index (χ3n) is 1.20. The van der Waals surface area contributed by atoms with Crippen molar-refractivity contribution in [2.75, 3.05) is 0 Å². The van der Waals surface area contributed by atoms with Gasteiger partial charge >= 0.3 is 0 Å². The maximum Gasteiger partial charge on any atom is 0.143 e. The van der Waals surface area contributed by atoms with E-state index in [2.05, 4.69) is 0 Å². The summed E-state index contributed by atoms with van der Waals surface area (Å²) in [4.78, 5) is 0. The third kappa shape index (κ3) is 1.41. The molecule has 46 valence electrons. The molecule has 0 saturated heterocycles. The maximum atomic E-state index is 5.73. The summed E-state index contributed by atoms with van der Waals surface area (Å²) in [6.07, 6.45) is 0. The molecule has 0 amide bonds. The van der Waals surface area contributed by atoms with Gasteiger partial charge in [-0.15, -0.1) is 0 Å². The molecule has 0 spiro atoms. The highest BCUT2D eigenvalue weighted by Crippen LogP contribution is 2.10. The van der Waals surface area contributed by atoms with Crippen LogP contribution in [0.15, 0.2) is 18.2 Å². The number of benzene rings is 1. The van der Waals surface area contributed by atoms with E-state index in [9.17, 15) is 0 Å². The molecular weight excluding hydrogens is 154 g/mol. The summed E-state index contributed by atoms with van der Waals surface area (Å²) >= 11 is 11.5. The summed E-state index contributed by atoms with van der Waals surface area (Å²) in [5, 5.41) is 1.45. The van der Waals surface area contributed by atoms with E-state index in [1.807, 2.05) is 26.0 Å². The fourth-order valence-electron chi connectivity index (χ4n) is 0.581. The van der Waals surface area contributed by atoms with Gasteiger partial charge in [0, 0.05) is 10.0 Å². The van der Waals surface area contributed by atoms with Crippen molar-refractivity contribution in [1.29, 1.82) is 0 Å². The van der Waals surface area contributed by atoms with E-state index in [-0.39, 0.29) is 0 Å². The molecule has 0 radical (unpaired) electrons. The number of hydrogen-bond acceptors (Lipinski definition) is 0. The van der Waals surface area contributed by atoms with Crippen LogP contribution in [0.3, 0.4) is 0 Å². The van der Waals surface area contributed by atoms with Crippen molar-refractivity contribution >= 4 is 36.5 Å². The molecule has 0 heterocycles. The minimum Gasteiger partial charge on any atom is -0.0849 e. The fraction of sp³-hybridized carbons (Fsp3) is 0. The van der Waals surface area contributed by atoms with E-state index in [0.29, 0.717) is 0 Å². The van der Waals surface area contributed by atoms with E-state index in [1.54, 1.807) is 0 Å². The van der Waals surface area contributed by atoms with Gasteiger partial charge in [0.2, 0.25) is 0 Å². The quantitative estimate of drug-likeness (QED) is 0.499. The molecule has 0 unspecified atom stereocenters. The van der Waals surface area contributed by atoms with Gasteiger partial charge < -0.3 is 0 Å². The van der Waals surface area contributed by atoms with E-state index < -0.39 is 0 Å². The molecule has 0 nitrogen and oxygen atoms in total. The molecule has 0 N–H and O–H groups in total. The Labute approximate surface area is 65.2 Å². The van der Waals surface area contributed by atoms with Crippen molar-refractivity contribution in [2.45, 2.75) is 0 Å². The molecular formula is C6H5BCl2. The first-order valence-electron chi connectivity index (χ1n) is 2.62. The van der Waals surface area contributed by atoms with Gasteiger partial charge in [0.05, 0.1) is 0 Å². The van der Waals surface area contributed by atoms with Gasteiger partial charge in [0.25, 0.3) is 0 Å². The minimum atomic E-state index is 0.725. The summed E-state index contributed by atoms with van der Waals surface area (Å²) in [5.74, 6) is 0. The maximum absolute atomic E-state index is 5.73.